The van der Waals surface area contributed by atoms with Gasteiger partial charge in [-0.15, -0.1) is 12.6 Å². The third-order valence-corrected chi connectivity index (χ3v) is 0.577. The molecule has 0 spiro atoms. The Morgan fingerprint density at radius 2 is 1.55 bits per heavy atom. The molecule has 0 heterocycles. The van der Waals surface area contributed by atoms with Crippen molar-refractivity contribution in [3.05, 3.63) is 0 Å². The van der Waals surface area contributed by atoms with Crippen LogP contribution in [0.15, 0.2) is 0 Å². The fraction of sp³-hybridized carbons (Fsp3) is 1.00. The van der Waals surface area contributed by atoms with Crippen LogP contribution in [0, 0.1) is 0 Å². The maximum Gasteiger partial charge on any atom is 0.0936 e. The maximum absolute atomic E-state index is 8.15. The van der Waals surface area contributed by atoms with E-state index >= 15 is 0 Å². The van der Waals surface area contributed by atoms with Gasteiger partial charge in [0, 0.05) is 13.1 Å². The third-order valence-electron chi connectivity index (χ3n) is 0.577. The molecule has 0 aliphatic heterocycles. The van der Waals surface area contributed by atoms with Gasteiger partial charge in [-0.05, 0) is 6.92 Å². The van der Waals surface area contributed by atoms with Crippen LogP contribution < -0.4 is 5.32 Å². The second-order valence-electron chi connectivity index (χ2n) is 1.83. The molecule has 5 heteroatoms. The Morgan fingerprint density at radius 1 is 1.27 bits per heavy atom. The van der Waals surface area contributed by atoms with Crippen molar-refractivity contribution in [3.8, 4) is 0 Å². The molecule has 4 nitrogen and oxygen atoms in total. The highest BCUT2D eigenvalue weighted by Gasteiger charge is 1.78. The molecule has 1 unspecified atom stereocenters. The zero-order chi connectivity index (χ0) is 9.11. The summed E-state index contributed by atoms with van der Waals surface area (Å²) in [5.41, 5.74) is -0.472. The van der Waals surface area contributed by atoms with E-state index in [2.05, 4.69) is 17.9 Å². The van der Waals surface area contributed by atoms with E-state index in [4.69, 9.17) is 15.3 Å². The van der Waals surface area contributed by atoms with Crippen LogP contribution in [-0.2, 0) is 0 Å². The van der Waals surface area contributed by atoms with Crippen LogP contribution in [-0.4, -0.2) is 47.1 Å². The summed E-state index contributed by atoms with van der Waals surface area (Å²) in [5.74, 6) is 0. The number of hydrogen-bond acceptors (Lipinski definition) is 5. The maximum atomic E-state index is 8.15. The largest absolute Gasteiger partial charge is 0.395 e. The number of aliphatic hydroxyl groups is 3. The lowest BCUT2D eigenvalue weighted by atomic mass is 10.6. The average Bonchev–Trinajstić information content (AvgIpc) is 1.88. The molecular weight excluding hydrogens is 166 g/mol. The Labute approximate surface area is 72.7 Å². The first-order valence-electron chi connectivity index (χ1n) is 3.43. The van der Waals surface area contributed by atoms with Crippen LogP contribution in [0.2, 0.25) is 0 Å². The topological polar surface area (TPSA) is 72.7 Å². The highest BCUT2D eigenvalue weighted by atomic mass is 32.1. The van der Waals surface area contributed by atoms with Gasteiger partial charge in [-0.25, -0.2) is 0 Å². The van der Waals surface area contributed by atoms with Gasteiger partial charge in [0.25, 0.3) is 0 Å². The molecule has 0 bridgehead atoms. The quantitative estimate of drug-likeness (QED) is 0.216. The summed E-state index contributed by atoms with van der Waals surface area (Å²) in [6.45, 7) is 3.00. The molecule has 0 rings (SSSR count). The minimum absolute atomic E-state index is 0.139. The molecular formula is C6H17NO3S. The molecule has 0 aromatic rings. The van der Waals surface area contributed by atoms with Gasteiger partial charge in [0.05, 0.1) is 18.6 Å². The number of hydrogen-bond donors (Lipinski definition) is 5. The van der Waals surface area contributed by atoms with E-state index in [-0.39, 0.29) is 13.2 Å². The van der Waals surface area contributed by atoms with E-state index in [0.29, 0.717) is 13.1 Å². The van der Waals surface area contributed by atoms with E-state index < -0.39 is 5.44 Å². The Balaban J connectivity index is 0. The van der Waals surface area contributed by atoms with Crippen molar-refractivity contribution in [1.82, 2.24) is 5.32 Å². The van der Waals surface area contributed by atoms with E-state index in [0.717, 1.165) is 0 Å². The lowest BCUT2D eigenvalue weighted by Gasteiger charge is -1.94. The predicted molar refractivity (Wildman–Crippen MR) is 47.7 cm³/mol. The summed E-state index contributed by atoms with van der Waals surface area (Å²) >= 11 is 3.52. The van der Waals surface area contributed by atoms with Crippen LogP contribution in [0.4, 0.5) is 0 Å². The second kappa shape index (κ2) is 12.8. The van der Waals surface area contributed by atoms with Crippen molar-refractivity contribution in [2.75, 3.05) is 26.3 Å². The van der Waals surface area contributed by atoms with Crippen LogP contribution >= 0.6 is 12.6 Å². The summed E-state index contributed by atoms with van der Waals surface area (Å²) in [7, 11) is 0. The first kappa shape index (κ1) is 13.8. The van der Waals surface area contributed by atoms with Crippen LogP contribution in [0.5, 0.6) is 0 Å². The third kappa shape index (κ3) is 38.9. The predicted octanol–water partition coefficient (Wildman–Crippen LogP) is -1.18. The fourth-order valence-electron chi connectivity index (χ4n) is 0.283. The Hall–Kier alpha value is 0.190. The summed E-state index contributed by atoms with van der Waals surface area (Å²) in [5, 5.41) is 27.0. The van der Waals surface area contributed by atoms with E-state index in [1.165, 1.54) is 0 Å². The number of rotatable bonds is 4. The lowest BCUT2D eigenvalue weighted by molar-refractivity contribution is 0.266. The molecule has 0 aliphatic carbocycles. The van der Waals surface area contributed by atoms with Crippen molar-refractivity contribution < 1.29 is 15.3 Å². The second-order valence-corrected chi connectivity index (χ2v) is 2.58. The standard InChI is InChI=1S/C4H11NO2.C2H6OS/c6-3-1-5-2-4-7;1-2(3)4/h5-7H,1-4H2;2-4H,1H3. The molecule has 0 aromatic heterocycles. The number of nitrogens with one attached hydrogen (secondary N) is 1. The average molecular weight is 183 g/mol. The molecule has 4 N–H and O–H groups in total. The van der Waals surface area contributed by atoms with Gasteiger partial charge in [0.15, 0.2) is 0 Å². The lowest BCUT2D eigenvalue weighted by Crippen LogP contribution is -2.21. The van der Waals surface area contributed by atoms with Crippen molar-refractivity contribution in [1.29, 1.82) is 0 Å². The van der Waals surface area contributed by atoms with Crippen molar-refractivity contribution in [2.45, 2.75) is 12.4 Å². The van der Waals surface area contributed by atoms with Gasteiger partial charge < -0.3 is 20.6 Å². The zero-order valence-corrected chi connectivity index (χ0v) is 7.59. The van der Waals surface area contributed by atoms with Gasteiger partial charge in [-0.1, -0.05) is 0 Å². The zero-order valence-electron chi connectivity index (χ0n) is 6.69. The van der Waals surface area contributed by atoms with E-state index in [9.17, 15) is 0 Å². The van der Waals surface area contributed by atoms with Gasteiger partial charge in [-0.2, -0.15) is 0 Å². The molecule has 0 fully saturated rings. The summed E-state index contributed by atoms with van der Waals surface area (Å²) in [6, 6.07) is 0. The molecule has 70 valence electrons. The van der Waals surface area contributed by atoms with E-state index in [1.54, 1.807) is 6.92 Å². The van der Waals surface area contributed by atoms with Gasteiger partial charge in [0.1, 0.15) is 0 Å². The van der Waals surface area contributed by atoms with Crippen molar-refractivity contribution in [3.63, 3.8) is 0 Å². The highest BCUT2D eigenvalue weighted by Crippen LogP contribution is 1.78. The van der Waals surface area contributed by atoms with Gasteiger partial charge in [-0.3, -0.25) is 0 Å². The Bertz CT molecular complexity index is 57.0. The summed E-state index contributed by atoms with van der Waals surface area (Å²) in [6.07, 6.45) is 0. The first-order valence-corrected chi connectivity index (χ1v) is 3.95. The van der Waals surface area contributed by atoms with Crippen molar-refractivity contribution >= 4 is 12.6 Å². The van der Waals surface area contributed by atoms with Crippen LogP contribution in [0.3, 0.4) is 0 Å². The molecule has 0 radical (unpaired) electrons. The molecule has 0 aliphatic rings. The van der Waals surface area contributed by atoms with Crippen LogP contribution in [0.25, 0.3) is 0 Å². The smallest absolute Gasteiger partial charge is 0.0936 e. The van der Waals surface area contributed by atoms with Crippen LogP contribution in [0.1, 0.15) is 6.92 Å². The molecule has 0 saturated carbocycles. The Kier molecular flexibility index (Phi) is 16.0. The first-order chi connectivity index (χ1) is 5.15. The SMILES string of the molecule is CC(O)S.OCCNCCO. The number of aliphatic hydroxyl groups excluding tert-OH is 3. The minimum Gasteiger partial charge on any atom is -0.395 e. The summed E-state index contributed by atoms with van der Waals surface area (Å²) in [4.78, 5) is 0. The molecule has 0 aromatic carbocycles. The fourth-order valence-corrected chi connectivity index (χ4v) is 0.283. The summed E-state index contributed by atoms with van der Waals surface area (Å²) < 4.78 is 0. The highest BCUT2D eigenvalue weighted by molar-refractivity contribution is 7.80. The monoisotopic (exact) mass is 183 g/mol. The minimum atomic E-state index is -0.472. The van der Waals surface area contributed by atoms with Gasteiger partial charge >= 0.3 is 0 Å². The van der Waals surface area contributed by atoms with E-state index in [1.807, 2.05) is 0 Å². The molecule has 0 saturated heterocycles. The normalized spacial score (nSPS) is 11.7. The van der Waals surface area contributed by atoms with Crippen molar-refractivity contribution in [2.24, 2.45) is 0 Å². The Morgan fingerprint density at radius 3 is 1.73 bits per heavy atom. The molecule has 0 amide bonds. The number of thiol groups is 1. The van der Waals surface area contributed by atoms with Gasteiger partial charge in [0.2, 0.25) is 0 Å². The molecule has 11 heavy (non-hydrogen) atoms. The molecule has 1 atom stereocenters.